The minimum Gasteiger partial charge on any atom is -0.370 e. The molecule has 0 radical (unpaired) electrons. The lowest BCUT2D eigenvalue weighted by molar-refractivity contribution is 0.353. The molecule has 5 heteroatoms. The Hall–Kier alpha value is -1.62. The van der Waals surface area contributed by atoms with Crippen molar-refractivity contribution in [2.24, 2.45) is 10.7 Å². The van der Waals surface area contributed by atoms with Crippen molar-refractivity contribution in [3.8, 4) is 0 Å². The minimum absolute atomic E-state index is 0.552. The molecule has 1 aromatic rings. The maximum Gasteiger partial charge on any atom is 0.191 e. The molecule has 86 valence electrons. The number of nitrogens with two attached hydrogens (primary N) is 1. The molecule has 0 spiro atoms. The molecule has 0 saturated carbocycles. The van der Waals surface area contributed by atoms with Gasteiger partial charge in [-0.3, -0.25) is 4.98 Å². The molecule has 1 aromatic heterocycles. The van der Waals surface area contributed by atoms with Crippen LogP contribution in [0.1, 0.15) is 5.69 Å². The smallest absolute Gasteiger partial charge is 0.191 e. The van der Waals surface area contributed by atoms with Gasteiger partial charge in [-0.2, -0.15) is 0 Å². The maximum atomic E-state index is 5.92. The first-order chi connectivity index (χ1) is 7.86. The zero-order valence-corrected chi connectivity index (χ0v) is 9.26. The predicted molar refractivity (Wildman–Crippen MR) is 64.0 cm³/mol. The first-order valence-electron chi connectivity index (χ1n) is 5.52. The van der Waals surface area contributed by atoms with E-state index in [0.29, 0.717) is 12.5 Å². The molecule has 1 fully saturated rings. The normalized spacial score (nSPS) is 17.5. The van der Waals surface area contributed by atoms with E-state index in [4.69, 9.17) is 5.73 Å². The Kier molecular flexibility index (Phi) is 3.71. The summed E-state index contributed by atoms with van der Waals surface area (Å²) in [6.45, 7) is 4.35. The molecule has 1 saturated heterocycles. The number of nitrogens with zero attached hydrogens (tertiary/aromatic N) is 3. The van der Waals surface area contributed by atoms with Crippen molar-refractivity contribution in [3.63, 3.8) is 0 Å². The van der Waals surface area contributed by atoms with Crippen LogP contribution < -0.4 is 11.1 Å². The summed E-state index contributed by atoms with van der Waals surface area (Å²) in [6.07, 6.45) is 1.77. The first kappa shape index (κ1) is 10.9. The second kappa shape index (κ2) is 5.46. The highest BCUT2D eigenvalue weighted by molar-refractivity contribution is 5.78. The molecule has 5 nitrogen and oxygen atoms in total. The van der Waals surface area contributed by atoms with Crippen molar-refractivity contribution in [2.75, 3.05) is 26.2 Å². The van der Waals surface area contributed by atoms with Gasteiger partial charge in [-0.15, -0.1) is 0 Å². The number of hydrogen-bond acceptors (Lipinski definition) is 3. The van der Waals surface area contributed by atoms with Crippen LogP contribution in [-0.4, -0.2) is 42.0 Å². The van der Waals surface area contributed by atoms with Crippen LogP contribution in [-0.2, 0) is 6.54 Å². The van der Waals surface area contributed by atoms with Crippen molar-refractivity contribution in [2.45, 2.75) is 6.54 Å². The van der Waals surface area contributed by atoms with E-state index in [9.17, 15) is 0 Å². The topological polar surface area (TPSA) is 66.5 Å². The van der Waals surface area contributed by atoms with Crippen molar-refractivity contribution >= 4 is 5.96 Å². The van der Waals surface area contributed by atoms with Crippen molar-refractivity contribution in [3.05, 3.63) is 30.1 Å². The second-order valence-electron chi connectivity index (χ2n) is 3.73. The van der Waals surface area contributed by atoms with Crippen LogP contribution in [0.15, 0.2) is 29.4 Å². The highest BCUT2D eigenvalue weighted by atomic mass is 15.3. The van der Waals surface area contributed by atoms with E-state index in [0.717, 1.165) is 31.9 Å². The lowest BCUT2D eigenvalue weighted by Crippen LogP contribution is -2.49. The molecule has 0 amide bonds. The van der Waals surface area contributed by atoms with Crippen LogP contribution in [0, 0.1) is 0 Å². The average Bonchev–Trinajstić information content (AvgIpc) is 2.38. The van der Waals surface area contributed by atoms with E-state index in [2.05, 4.69) is 20.2 Å². The number of rotatable bonds is 2. The Balaban J connectivity index is 1.91. The van der Waals surface area contributed by atoms with Crippen LogP contribution in [0.5, 0.6) is 0 Å². The predicted octanol–water partition coefficient (Wildman–Crippen LogP) is -0.199. The number of piperazine rings is 1. The highest BCUT2D eigenvalue weighted by Crippen LogP contribution is 1.97. The zero-order valence-electron chi connectivity index (χ0n) is 9.26. The van der Waals surface area contributed by atoms with Gasteiger partial charge in [0.05, 0.1) is 12.2 Å². The van der Waals surface area contributed by atoms with Crippen LogP contribution in [0.4, 0.5) is 0 Å². The number of hydrogen-bond donors (Lipinski definition) is 2. The maximum absolute atomic E-state index is 5.92. The Morgan fingerprint density at radius 2 is 2.25 bits per heavy atom. The fourth-order valence-corrected chi connectivity index (χ4v) is 1.65. The molecule has 16 heavy (non-hydrogen) atoms. The van der Waals surface area contributed by atoms with Crippen LogP contribution in [0.2, 0.25) is 0 Å². The van der Waals surface area contributed by atoms with E-state index in [1.807, 2.05) is 18.2 Å². The fourth-order valence-electron chi connectivity index (χ4n) is 1.65. The standard InChI is InChI=1S/C11H17N5/c12-11(16-7-5-13-6-8-16)15-9-10-3-1-2-4-14-10/h1-4,13H,5-9H2,(H2,12,15). The van der Waals surface area contributed by atoms with E-state index >= 15 is 0 Å². The van der Waals surface area contributed by atoms with Gasteiger partial charge in [-0.1, -0.05) is 6.07 Å². The summed E-state index contributed by atoms with van der Waals surface area (Å²) in [5.74, 6) is 0.618. The van der Waals surface area contributed by atoms with Crippen molar-refractivity contribution in [1.29, 1.82) is 0 Å². The molecule has 0 bridgehead atoms. The molecule has 3 N–H and O–H groups in total. The number of pyridine rings is 1. The van der Waals surface area contributed by atoms with Gasteiger partial charge in [0.1, 0.15) is 0 Å². The Labute approximate surface area is 95.4 Å². The van der Waals surface area contributed by atoms with Gasteiger partial charge in [0.2, 0.25) is 0 Å². The molecular formula is C11H17N5. The van der Waals surface area contributed by atoms with Gasteiger partial charge >= 0.3 is 0 Å². The first-order valence-corrected chi connectivity index (χ1v) is 5.52. The van der Waals surface area contributed by atoms with Crippen LogP contribution in [0.25, 0.3) is 0 Å². The third kappa shape index (κ3) is 2.93. The monoisotopic (exact) mass is 219 g/mol. The average molecular weight is 219 g/mol. The molecule has 0 unspecified atom stereocenters. The number of aliphatic imine (C=N–C) groups is 1. The molecule has 2 heterocycles. The van der Waals surface area contributed by atoms with Gasteiger partial charge in [-0.25, -0.2) is 4.99 Å². The largest absolute Gasteiger partial charge is 0.370 e. The molecule has 0 aromatic carbocycles. The van der Waals surface area contributed by atoms with E-state index in [1.165, 1.54) is 0 Å². The van der Waals surface area contributed by atoms with Crippen LogP contribution >= 0.6 is 0 Å². The third-order valence-electron chi connectivity index (χ3n) is 2.57. The summed E-state index contributed by atoms with van der Waals surface area (Å²) in [5.41, 5.74) is 6.86. The van der Waals surface area contributed by atoms with Gasteiger partial charge < -0.3 is 16.0 Å². The van der Waals surface area contributed by atoms with E-state index in [1.54, 1.807) is 6.20 Å². The summed E-state index contributed by atoms with van der Waals surface area (Å²) in [7, 11) is 0. The molecular weight excluding hydrogens is 202 g/mol. The highest BCUT2D eigenvalue weighted by Gasteiger charge is 2.10. The van der Waals surface area contributed by atoms with Crippen LogP contribution in [0.3, 0.4) is 0 Å². The van der Waals surface area contributed by atoms with Crippen molar-refractivity contribution < 1.29 is 0 Å². The Morgan fingerprint density at radius 3 is 2.94 bits per heavy atom. The summed E-state index contributed by atoms with van der Waals surface area (Å²) >= 11 is 0. The summed E-state index contributed by atoms with van der Waals surface area (Å²) < 4.78 is 0. The van der Waals surface area contributed by atoms with Gasteiger partial charge in [-0.05, 0) is 12.1 Å². The Morgan fingerprint density at radius 1 is 1.44 bits per heavy atom. The Bertz CT molecular complexity index is 343. The van der Waals surface area contributed by atoms with Gasteiger partial charge in [0, 0.05) is 32.4 Å². The quantitative estimate of drug-likeness (QED) is 0.534. The van der Waals surface area contributed by atoms with Gasteiger partial charge in [0.15, 0.2) is 5.96 Å². The van der Waals surface area contributed by atoms with E-state index < -0.39 is 0 Å². The summed E-state index contributed by atoms with van der Waals surface area (Å²) in [4.78, 5) is 10.6. The number of guanidine groups is 1. The van der Waals surface area contributed by atoms with Crippen molar-refractivity contribution in [1.82, 2.24) is 15.2 Å². The fraction of sp³-hybridized carbons (Fsp3) is 0.455. The molecule has 0 atom stereocenters. The lowest BCUT2D eigenvalue weighted by Gasteiger charge is -2.28. The summed E-state index contributed by atoms with van der Waals surface area (Å²) in [5, 5.41) is 3.28. The minimum atomic E-state index is 0.552. The second-order valence-corrected chi connectivity index (χ2v) is 3.73. The molecule has 1 aliphatic rings. The lowest BCUT2D eigenvalue weighted by atomic mass is 10.3. The molecule has 0 aliphatic carbocycles. The third-order valence-corrected chi connectivity index (χ3v) is 2.57. The molecule has 1 aliphatic heterocycles. The molecule has 2 rings (SSSR count). The zero-order chi connectivity index (χ0) is 11.2. The number of nitrogens with one attached hydrogen (secondary N) is 1. The van der Waals surface area contributed by atoms with Gasteiger partial charge in [0.25, 0.3) is 0 Å². The number of aromatic nitrogens is 1. The van der Waals surface area contributed by atoms with E-state index in [-0.39, 0.29) is 0 Å². The summed E-state index contributed by atoms with van der Waals surface area (Å²) in [6, 6.07) is 5.81. The SMILES string of the molecule is NC(=NCc1ccccn1)N1CCNCC1.